The van der Waals surface area contributed by atoms with E-state index in [4.69, 9.17) is 25.8 Å². The second-order valence-electron chi connectivity index (χ2n) is 7.13. The summed E-state index contributed by atoms with van der Waals surface area (Å²) in [6.45, 7) is 4.13. The van der Waals surface area contributed by atoms with Crippen molar-refractivity contribution >= 4 is 33.9 Å². The first-order valence-electron chi connectivity index (χ1n) is 9.88. The second kappa shape index (κ2) is 8.81. The molecule has 32 heavy (non-hydrogen) atoms. The monoisotopic (exact) mass is 447 g/mol. The number of ether oxygens (including phenoxy) is 3. The van der Waals surface area contributed by atoms with Crippen molar-refractivity contribution in [2.45, 2.75) is 0 Å². The van der Waals surface area contributed by atoms with Gasteiger partial charge in [0.25, 0.3) is 0 Å². The SMILES string of the molecule is C=C(C(=O)c1cc(OC)c(OC)c(OC)c1)c1cn(-c2ccc(Cl)cc2)c2ccccc12. The number of methoxy groups -OCH3 is 3. The summed E-state index contributed by atoms with van der Waals surface area (Å²) in [5.41, 5.74) is 3.40. The van der Waals surface area contributed by atoms with Crippen LogP contribution < -0.4 is 14.2 Å². The number of para-hydroxylation sites is 1. The number of ketones is 1. The number of carbonyl (C=O) groups excluding carboxylic acids is 1. The lowest BCUT2D eigenvalue weighted by Gasteiger charge is -2.14. The first-order chi connectivity index (χ1) is 15.5. The van der Waals surface area contributed by atoms with Gasteiger partial charge in [-0.25, -0.2) is 0 Å². The van der Waals surface area contributed by atoms with Crippen LogP contribution in [-0.4, -0.2) is 31.7 Å². The number of hydrogen-bond donors (Lipinski definition) is 0. The van der Waals surface area contributed by atoms with Crippen LogP contribution >= 0.6 is 11.6 Å². The molecule has 0 saturated carbocycles. The highest BCUT2D eigenvalue weighted by Gasteiger charge is 2.22. The van der Waals surface area contributed by atoms with Crippen molar-refractivity contribution in [1.29, 1.82) is 0 Å². The standard InChI is InChI=1S/C26H22ClNO4/c1-16(25(29)17-13-23(30-2)26(32-4)24(14-17)31-3)21-15-28(19-11-9-18(27)10-12-19)22-8-6-5-7-20(21)22/h5-15H,1H2,2-4H3. The number of benzene rings is 3. The topological polar surface area (TPSA) is 49.7 Å². The van der Waals surface area contributed by atoms with Gasteiger partial charge in [-0.15, -0.1) is 0 Å². The molecule has 0 aliphatic heterocycles. The Kier molecular flexibility index (Phi) is 5.93. The lowest BCUT2D eigenvalue weighted by molar-refractivity contribution is 0.105. The Morgan fingerprint density at radius 2 is 1.53 bits per heavy atom. The number of carbonyl (C=O) groups is 1. The van der Waals surface area contributed by atoms with E-state index in [1.165, 1.54) is 21.3 Å². The maximum Gasteiger partial charge on any atom is 0.203 e. The van der Waals surface area contributed by atoms with Gasteiger partial charge < -0.3 is 18.8 Å². The van der Waals surface area contributed by atoms with E-state index in [0.29, 0.717) is 33.4 Å². The Bertz CT molecular complexity index is 1300. The van der Waals surface area contributed by atoms with Gasteiger partial charge in [-0.2, -0.15) is 0 Å². The van der Waals surface area contributed by atoms with Crippen molar-refractivity contribution in [3.63, 3.8) is 0 Å². The molecular formula is C26H22ClNO4. The number of allylic oxidation sites excluding steroid dienone is 1. The van der Waals surface area contributed by atoms with Gasteiger partial charge in [-0.3, -0.25) is 4.79 Å². The smallest absolute Gasteiger partial charge is 0.203 e. The number of rotatable bonds is 7. The lowest BCUT2D eigenvalue weighted by Crippen LogP contribution is -2.04. The summed E-state index contributed by atoms with van der Waals surface area (Å²) in [6.07, 6.45) is 1.92. The molecule has 0 aliphatic carbocycles. The van der Waals surface area contributed by atoms with Gasteiger partial charge in [-0.1, -0.05) is 36.4 Å². The predicted octanol–water partition coefficient (Wildman–Crippen LogP) is 6.21. The van der Waals surface area contributed by atoms with Crippen molar-refractivity contribution in [2.75, 3.05) is 21.3 Å². The number of halogens is 1. The van der Waals surface area contributed by atoms with Crippen molar-refractivity contribution in [3.8, 4) is 22.9 Å². The van der Waals surface area contributed by atoms with E-state index in [2.05, 4.69) is 6.58 Å². The predicted molar refractivity (Wildman–Crippen MR) is 128 cm³/mol. The van der Waals surface area contributed by atoms with E-state index in [9.17, 15) is 4.79 Å². The molecule has 0 aliphatic rings. The van der Waals surface area contributed by atoms with Gasteiger partial charge >= 0.3 is 0 Å². The second-order valence-corrected chi connectivity index (χ2v) is 7.56. The molecule has 0 spiro atoms. The summed E-state index contributed by atoms with van der Waals surface area (Å²) >= 11 is 6.06. The van der Waals surface area contributed by atoms with Gasteiger partial charge in [0.2, 0.25) is 5.75 Å². The molecule has 3 aromatic carbocycles. The van der Waals surface area contributed by atoms with Crippen LogP contribution in [0.4, 0.5) is 0 Å². The molecule has 4 aromatic rings. The van der Waals surface area contributed by atoms with Crippen molar-refractivity contribution in [1.82, 2.24) is 4.57 Å². The number of fused-ring (bicyclic) bond motifs is 1. The van der Waals surface area contributed by atoms with Crippen molar-refractivity contribution in [3.05, 3.63) is 89.6 Å². The van der Waals surface area contributed by atoms with Crippen LogP contribution in [0.5, 0.6) is 17.2 Å². The fourth-order valence-corrected chi connectivity index (χ4v) is 3.87. The summed E-state index contributed by atoms with van der Waals surface area (Å²) in [4.78, 5) is 13.4. The van der Waals surface area contributed by atoms with Gasteiger partial charge in [0.05, 0.1) is 26.8 Å². The van der Waals surface area contributed by atoms with Crippen molar-refractivity contribution < 1.29 is 19.0 Å². The molecule has 4 rings (SSSR count). The first-order valence-corrected chi connectivity index (χ1v) is 10.3. The van der Waals surface area contributed by atoms with Crippen molar-refractivity contribution in [2.24, 2.45) is 0 Å². The van der Waals surface area contributed by atoms with Crippen LogP contribution in [-0.2, 0) is 0 Å². The number of Topliss-reactive ketones (excluding diaryl/α,β-unsaturated/α-hetero) is 1. The van der Waals surface area contributed by atoms with Crippen LogP contribution in [0.3, 0.4) is 0 Å². The molecule has 1 heterocycles. The molecule has 5 nitrogen and oxygen atoms in total. The Morgan fingerprint density at radius 1 is 0.906 bits per heavy atom. The van der Waals surface area contributed by atoms with Gasteiger partial charge in [-0.05, 0) is 42.5 Å². The normalized spacial score (nSPS) is 10.8. The molecule has 6 heteroatoms. The lowest BCUT2D eigenvalue weighted by atomic mass is 9.97. The molecule has 0 saturated heterocycles. The summed E-state index contributed by atoms with van der Waals surface area (Å²) < 4.78 is 18.2. The maximum atomic E-state index is 13.4. The zero-order valence-electron chi connectivity index (χ0n) is 18.0. The molecule has 0 amide bonds. The third-order valence-corrected chi connectivity index (χ3v) is 5.59. The van der Waals surface area contributed by atoms with E-state index >= 15 is 0 Å². The average molecular weight is 448 g/mol. The van der Waals surface area contributed by atoms with Crippen LogP contribution in [0.1, 0.15) is 15.9 Å². The molecule has 0 N–H and O–H groups in total. The zero-order chi connectivity index (χ0) is 22.8. The summed E-state index contributed by atoms with van der Waals surface area (Å²) in [5.74, 6) is 1.01. The number of hydrogen-bond acceptors (Lipinski definition) is 4. The van der Waals surface area contributed by atoms with Gasteiger partial charge in [0.15, 0.2) is 17.3 Å². The van der Waals surface area contributed by atoms with Gasteiger partial charge in [0.1, 0.15) is 0 Å². The molecule has 0 unspecified atom stereocenters. The average Bonchev–Trinajstić information content (AvgIpc) is 3.22. The van der Waals surface area contributed by atoms with E-state index in [1.54, 1.807) is 12.1 Å². The van der Waals surface area contributed by atoms with E-state index < -0.39 is 0 Å². The Morgan fingerprint density at radius 3 is 2.12 bits per heavy atom. The molecule has 162 valence electrons. The summed E-state index contributed by atoms with van der Waals surface area (Å²) in [6, 6.07) is 18.7. The minimum absolute atomic E-state index is 0.233. The highest BCUT2D eigenvalue weighted by molar-refractivity contribution is 6.31. The van der Waals surface area contributed by atoms with Crippen LogP contribution in [0.25, 0.3) is 22.2 Å². The molecule has 0 fully saturated rings. The summed E-state index contributed by atoms with van der Waals surface area (Å²) in [5, 5.41) is 1.58. The van der Waals surface area contributed by atoms with Crippen LogP contribution in [0, 0.1) is 0 Å². The van der Waals surface area contributed by atoms with Crippen LogP contribution in [0.2, 0.25) is 5.02 Å². The Hall–Kier alpha value is -3.70. The molecule has 0 bridgehead atoms. The number of nitrogens with zero attached hydrogens (tertiary/aromatic N) is 1. The highest BCUT2D eigenvalue weighted by atomic mass is 35.5. The minimum atomic E-state index is -0.233. The zero-order valence-corrected chi connectivity index (χ0v) is 18.8. The highest BCUT2D eigenvalue weighted by Crippen LogP contribution is 2.39. The number of aromatic nitrogens is 1. The Labute approximate surface area is 191 Å². The maximum absolute atomic E-state index is 13.4. The third-order valence-electron chi connectivity index (χ3n) is 5.34. The fourth-order valence-electron chi connectivity index (χ4n) is 3.74. The van der Waals surface area contributed by atoms with Crippen LogP contribution in [0.15, 0.2) is 73.4 Å². The fraction of sp³-hybridized carbons (Fsp3) is 0.115. The molecule has 0 radical (unpaired) electrons. The van der Waals surface area contributed by atoms with E-state index in [1.807, 2.05) is 59.3 Å². The minimum Gasteiger partial charge on any atom is -0.493 e. The quantitative estimate of drug-likeness (QED) is 0.250. The molecular weight excluding hydrogens is 426 g/mol. The van der Waals surface area contributed by atoms with Gasteiger partial charge in [0, 0.05) is 39.0 Å². The Balaban J connectivity index is 1.81. The molecule has 1 aromatic heterocycles. The first kappa shape index (κ1) is 21.5. The third kappa shape index (κ3) is 3.72. The largest absolute Gasteiger partial charge is 0.493 e. The molecule has 0 atom stereocenters. The van der Waals surface area contributed by atoms with E-state index in [-0.39, 0.29) is 5.78 Å². The van der Waals surface area contributed by atoms with E-state index in [0.717, 1.165) is 22.2 Å². The summed E-state index contributed by atoms with van der Waals surface area (Å²) in [7, 11) is 4.55.